The van der Waals surface area contributed by atoms with Crippen molar-refractivity contribution in [3.63, 3.8) is 0 Å². The van der Waals surface area contributed by atoms with E-state index < -0.39 is 6.04 Å². The van der Waals surface area contributed by atoms with Crippen LogP contribution in [0, 0.1) is 0 Å². The first-order chi connectivity index (χ1) is 14.9. The number of rotatable bonds is 6. The fraction of sp³-hybridized carbons (Fsp3) is 0.182. The first-order valence-electron chi connectivity index (χ1n) is 9.64. The van der Waals surface area contributed by atoms with Gasteiger partial charge in [-0.3, -0.25) is 9.59 Å². The highest BCUT2D eigenvalue weighted by Gasteiger charge is 2.20. The number of carbonyl (C=O) groups is 1. The summed E-state index contributed by atoms with van der Waals surface area (Å²) in [4.78, 5) is 29.6. The molecule has 2 heterocycles. The Morgan fingerprint density at radius 3 is 2.71 bits per heavy atom. The first kappa shape index (κ1) is 21.0. The quantitative estimate of drug-likeness (QED) is 0.453. The molecule has 2 aromatic carbocycles. The molecule has 0 bridgehead atoms. The average Bonchev–Trinajstić information content (AvgIpc) is 3.15. The van der Waals surface area contributed by atoms with Crippen molar-refractivity contribution in [2.45, 2.75) is 19.9 Å². The van der Waals surface area contributed by atoms with Crippen LogP contribution < -0.4 is 15.6 Å². The Kier molecular flexibility index (Phi) is 6.01. The fourth-order valence-electron chi connectivity index (χ4n) is 3.02. The average molecular weight is 455 g/mol. The van der Waals surface area contributed by atoms with Gasteiger partial charge >= 0.3 is 0 Å². The van der Waals surface area contributed by atoms with Crippen LogP contribution >= 0.6 is 22.9 Å². The number of carbonyl (C=O) groups excluding carboxylic acids is 1. The lowest BCUT2D eigenvalue weighted by atomic mass is 10.1. The van der Waals surface area contributed by atoms with Gasteiger partial charge in [-0.25, -0.2) is 9.67 Å². The second-order valence-electron chi connectivity index (χ2n) is 6.76. The molecule has 0 fully saturated rings. The smallest absolute Gasteiger partial charge is 0.267 e. The van der Waals surface area contributed by atoms with E-state index in [4.69, 9.17) is 16.3 Å². The topological polar surface area (TPSA) is 86.1 Å². The van der Waals surface area contributed by atoms with Crippen molar-refractivity contribution < 1.29 is 9.53 Å². The van der Waals surface area contributed by atoms with Crippen LogP contribution in [-0.4, -0.2) is 27.3 Å². The summed E-state index contributed by atoms with van der Waals surface area (Å²) < 4.78 is 7.49. The van der Waals surface area contributed by atoms with Gasteiger partial charge in [-0.2, -0.15) is 5.10 Å². The molecule has 1 atom stereocenters. The molecular formula is C22H19ClN4O3S. The van der Waals surface area contributed by atoms with Crippen LogP contribution in [0.15, 0.2) is 59.4 Å². The van der Waals surface area contributed by atoms with E-state index in [1.165, 1.54) is 22.1 Å². The number of ether oxygens (including phenoxy) is 1. The molecule has 2 aromatic heterocycles. The number of amides is 1. The number of anilines is 1. The fourth-order valence-corrected chi connectivity index (χ4v) is 4.16. The highest BCUT2D eigenvalue weighted by Crippen LogP contribution is 2.28. The molecule has 7 nitrogen and oxygen atoms in total. The highest BCUT2D eigenvalue weighted by molar-refractivity contribution is 7.22. The van der Waals surface area contributed by atoms with E-state index in [0.717, 1.165) is 21.5 Å². The second-order valence-corrected chi connectivity index (χ2v) is 8.22. The number of nitrogens with one attached hydrogen (secondary N) is 1. The Bertz CT molecular complexity index is 1300. The van der Waals surface area contributed by atoms with Crippen molar-refractivity contribution in [1.82, 2.24) is 14.8 Å². The number of thiazole rings is 1. The molecule has 0 radical (unpaired) electrons. The van der Waals surface area contributed by atoms with Gasteiger partial charge in [0.2, 0.25) is 0 Å². The summed E-state index contributed by atoms with van der Waals surface area (Å²) >= 11 is 7.32. The third-order valence-electron chi connectivity index (χ3n) is 4.61. The molecular weight excluding hydrogens is 436 g/mol. The second kappa shape index (κ2) is 8.87. The summed E-state index contributed by atoms with van der Waals surface area (Å²) in [7, 11) is 0. The van der Waals surface area contributed by atoms with Gasteiger partial charge in [0.25, 0.3) is 11.5 Å². The summed E-state index contributed by atoms with van der Waals surface area (Å²) in [6, 6.07) is 14.9. The van der Waals surface area contributed by atoms with Gasteiger partial charge in [-0.1, -0.05) is 22.9 Å². The Labute approximate surface area is 187 Å². The van der Waals surface area contributed by atoms with Crippen LogP contribution in [0.2, 0.25) is 5.02 Å². The number of aromatic nitrogens is 3. The van der Waals surface area contributed by atoms with Crippen molar-refractivity contribution in [3.05, 3.63) is 70.0 Å². The molecule has 4 rings (SSSR count). The van der Waals surface area contributed by atoms with Crippen LogP contribution in [0.5, 0.6) is 5.75 Å². The molecule has 0 saturated heterocycles. The van der Waals surface area contributed by atoms with E-state index >= 15 is 0 Å². The normalized spacial score (nSPS) is 12.0. The van der Waals surface area contributed by atoms with E-state index in [0.29, 0.717) is 22.5 Å². The monoisotopic (exact) mass is 454 g/mol. The summed E-state index contributed by atoms with van der Waals surface area (Å²) in [5.74, 6) is 0.369. The molecule has 0 aliphatic heterocycles. The Morgan fingerprint density at radius 2 is 1.97 bits per heavy atom. The van der Waals surface area contributed by atoms with E-state index in [2.05, 4.69) is 15.4 Å². The molecule has 158 valence electrons. The summed E-state index contributed by atoms with van der Waals surface area (Å²) in [6.45, 7) is 4.12. The molecule has 0 spiro atoms. The number of fused-ring (bicyclic) bond motifs is 1. The van der Waals surface area contributed by atoms with Gasteiger partial charge in [-0.05, 0) is 62.4 Å². The zero-order valence-electron chi connectivity index (χ0n) is 16.8. The highest BCUT2D eigenvalue weighted by atomic mass is 35.5. The predicted octanol–water partition coefficient (Wildman–Crippen LogP) is 4.77. The van der Waals surface area contributed by atoms with Crippen molar-refractivity contribution >= 4 is 44.2 Å². The molecule has 1 N–H and O–H groups in total. The molecule has 0 aliphatic carbocycles. The summed E-state index contributed by atoms with van der Waals surface area (Å²) in [5, 5.41) is 8.21. The number of hydrogen-bond donors (Lipinski definition) is 1. The van der Waals surface area contributed by atoms with E-state index in [1.54, 1.807) is 31.2 Å². The number of benzene rings is 2. The standard InChI is InChI=1S/C22H19ClN4O3S/c1-3-30-16-7-4-14(5-8-16)17-10-11-20(28)27(26-17)13(2)21(29)25-22-24-18-9-6-15(23)12-19(18)31-22/h4-13H,3H2,1-2H3,(H,24,25,29). The Balaban J connectivity index is 1.56. The molecule has 1 amide bonds. The van der Waals surface area contributed by atoms with Crippen LogP contribution in [0.25, 0.3) is 21.5 Å². The van der Waals surface area contributed by atoms with Gasteiger partial charge in [0.05, 0.1) is 22.5 Å². The van der Waals surface area contributed by atoms with E-state index in [1.807, 2.05) is 31.2 Å². The number of nitrogens with zero attached hydrogens (tertiary/aromatic N) is 3. The molecule has 0 saturated carbocycles. The third kappa shape index (κ3) is 4.60. The number of hydrogen-bond acceptors (Lipinski definition) is 6. The lowest BCUT2D eigenvalue weighted by Crippen LogP contribution is -2.33. The van der Waals surface area contributed by atoms with Gasteiger partial charge < -0.3 is 10.1 Å². The lowest BCUT2D eigenvalue weighted by Gasteiger charge is -2.14. The van der Waals surface area contributed by atoms with Gasteiger partial charge in [0.1, 0.15) is 11.8 Å². The summed E-state index contributed by atoms with van der Waals surface area (Å²) in [5.41, 5.74) is 1.77. The van der Waals surface area contributed by atoms with Gasteiger partial charge in [-0.15, -0.1) is 0 Å². The van der Waals surface area contributed by atoms with Crippen molar-refractivity contribution in [1.29, 1.82) is 0 Å². The van der Waals surface area contributed by atoms with Gasteiger partial charge in [0.15, 0.2) is 5.13 Å². The summed E-state index contributed by atoms with van der Waals surface area (Å²) in [6.07, 6.45) is 0. The minimum Gasteiger partial charge on any atom is -0.494 e. The lowest BCUT2D eigenvalue weighted by molar-refractivity contribution is -0.119. The molecule has 1 unspecified atom stereocenters. The Hall–Kier alpha value is -3.23. The van der Waals surface area contributed by atoms with Crippen LogP contribution in [0.4, 0.5) is 5.13 Å². The van der Waals surface area contributed by atoms with Crippen LogP contribution in [0.1, 0.15) is 19.9 Å². The number of halogens is 1. The molecule has 9 heteroatoms. The van der Waals surface area contributed by atoms with Crippen molar-refractivity contribution in [3.8, 4) is 17.0 Å². The minimum atomic E-state index is -0.828. The van der Waals surface area contributed by atoms with E-state index in [9.17, 15) is 9.59 Å². The third-order valence-corrected chi connectivity index (χ3v) is 5.78. The van der Waals surface area contributed by atoms with Crippen molar-refractivity contribution in [2.24, 2.45) is 0 Å². The maximum atomic E-state index is 12.8. The van der Waals surface area contributed by atoms with Crippen molar-refractivity contribution in [2.75, 3.05) is 11.9 Å². The SMILES string of the molecule is CCOc1ccc(-c2ccc(=O)n(C(C)C(=O)Nc3nc4ccc(Cl)cc4s3)n2)cc1. The molecule has 31 heavy (non-hydrogen) atoms. The Morgan fingerprint density at radius 1 is 1.19 bits per heavy atom. The first-order valence-corrected chi connectivity index (χ1v) is 10.8. The van der Waals surface area contributed by atoms with Gasteiger partial charge in [0, 0.05) is 16.7 Å². The zero-order valence-corrected chi connectivity index (χ0v) is 18.4. The van der Waals surface area contributed by atoms with Crippen LogP contribution in [0.3, 0.4) is 0 Å². The maximum absolute atomic E-state index is 12.8. The maximum Gasteiger partial charge on any atom is 0.267 e. The predicted molar refractivity (Wildman–Crippen MR) is 123 cm³/mol. The zero-order chi connectivity index (χ0) is 22.0. The van der Waals surface area contributed by atoms with E-state index in [-0.39, 0.29) is 11.5 Å². The minimum absolute atomic E-state index is 0.367. The molecule has 0 aliphatic rings. The largest absolute Gasteiger partial charge is 0.494 e. The molecule has 4 aromatic rings. The van der Waals surface area contributed by atoms with Crippen LogP contribution in [-0.2, 0) is 4.79 Å².